The van der Waals surface area contributed by atoms with Gasteiger partial charge in [0.15, 0.2) is 17.7 Å². The van der Waals surface area contributed by atoms with Crippen LogP contribution in [0.3, 0.4) is 0 Å². The van der Waals surface area contributed by atoms with Crippen molar-refractivity contribution in [1.82, 2.24) is 4.90 Å². The number of hydrogen-bond acceptors (Lipinski definition) is 6. The molecule has 0 bridgehead atoms. The van der Waals surface area contributed by atoms with E-state index in [9.17, 15) is 10.1 Å². The topological polar surface area (TPSA) is 71.8 Å². The number of hydrogen-bond donors (Lipinski definition) is 0. The molecule has 3 rings (SSSR count). The number of benzene rings is 1. The Morgan fingerprint density at radius 2 is 1.96 bits per heavy atom. The SMILES string of the molecule is COC(=O)C1CN(C#N)CC1c1ccc(OC)c(OC2CCCC2)c1. The molecular weight excluding hydrogens is 320 g/mol. The van der Waals surface area contributed by atoms with Crippen LogP contribution < -0.4 is 9.47 Å². The lowest BCUT2D eigenvalue weighted by Gasteiger charge is -2.20. The summed E-state index contributed by atoms with van der Waals surface area (Å²) >= 11 is 0. The van der Waals surface area contributed by atoms with E-state index in [0.29, 0.717) is 24.6 Å². The van der Waals surface area contributed by atoms with Gasteiger partial charge in [0.25, 0.3) is 0 Å². The Balaban J connectivity index is 1.87. The summed E-state index contributed by atoms with van der Waals surface area (Å²) < 4.78 is 16.5. The molecule has 1 aliphatic heterocycles. The molecule has 0 aromatic heterocycles. The Hall–Kier alpha value is -2.42. The van der Waals surface area contributed by atoms with Gasteiger partial charge < -0.3 is 19.1 Å². The van der Waals surface area contributed by atoms with Crippen molar-refractivity contribution in [2.45, 2.75) is 37.7 Å². The predicted molar refractivity (Wildman–Crippen MR) is 91.3 cm³/mol. The molecular formula is C19H24N2O4. The summed E-state index contributed by atoms with van der Waals surface area (Å²) in [6, 6.07) is 5.78. The van der Waals surface area contributed by atoms with Gasteiger partial charge in [0, 0.05) is 19.0 Å². The van der Waals surface area contributed by atoms with Crippen molar-refractivity contribution < 1.29 is 19.0 Å². The molecule has 6 nitrogen and oxygen atoms in total. The van der Waals surface area contributed by atoms with E-state index in [4.69, 9.17) is 14.2 Å². The monoisotopic (exact) mass is 344 g/mol. The van der Waals surface area contributed by atoms with Crippen LogP contribution in [0.2, 0.25) is 0 Å². The first-order valence-electron chi connectivity index (χ1n) is 8.73. The molecule has 2 aliphatic rings. The minimum absolute atomic E-state index is 0.0936. The van der Waals surface area contributed by atoms with Gasteiger partial charge in [-0.2, -0.15) is 5.26 Å². The number of carbonyl (C=O) groups excluding carboxylic acids is 1. The molecule has 0 radical (unpaired) electrons. The van der Waals surface area contributed by atoms with Crippen LogP contribution in [0.4, 0.5) is 0 Å². The first kappa shape index (κ1) is 17.4. The van der Waals surface area contributed by atoms with Crippen molar-refractivity contribution in [3.8, 4) is 17.7 Å². The summed E-state index contributed by atoms with van der Waals surface area (Å²) in [6.45, 7) is 0.893. The summed E-state index contributed by atoms with van der Waals surface area (Å²) in [7, 11) is 3.01. The fourth-order valence-electron chi connectivity index (χ4n) is 3.82. The zero-order valence-electron chi connectivity index (χ0n) is 14.7. The van der Waals surface area contributed by atoms with Gasteiger partial charge in [0.05, 0.1) is 26.2 Å². The molecule has 0 amide bonds. The molecule has 25 heavy (non-hydrogen) atoms. The van der Waals surface area contributed by atoms with Gasteiger partial charge >= 0.3 is 5.97 Å². The molecule has 2 fully saturated rings. The van der Waals surface area contributed by atoms with Gasteiger partial charge in [0.2, 0.25) is 0 Å². The minimum atomic E-state index is -0.350. The molecule has 1 saturated carbocycles. The molecule has 6 heteroatoms. The maximum Gasteiger partial charge on any atom is 0.311 e. The van der Waals surface area contributed by atoms with Gasteiger partial charge in [-0.1, -0.05) is 6.07 Å². The van der Waals surface area contributed by atoms with Crippen LogP contribution in [0, 0.1) is 17.4 Å². The van der Waals surface area contributed by atoms with E-state index in [1.807, 2.05) is 18.2 Å². The van der Waals surface area contributed by atoms with Gasteiger partial charge in [-0.15, -0.1) is 0 Å². The standard InChI is InChI=1S/C19H24N2O4/c1-23-17-8-7-13(9-18(17)25-14-5-3-4-6-14)15-10-21(12-20)11-16(15)19(22)24-2/h7-9,14-16H,3-6,10-11H2,1-2H3. The van der Waals surface area contributed by atoms with Crippen LogP contribution in [0.1, 0.15) is 37.2 Å². The Kier molecular flexibility index (Phi) is 5.32. The Labute approximate surface area is 148 Å². The maximum absolute atomic E-state index is 12.1. The van der Waals surface area contributed by atoms with E-state index < -0.39 is 0 Å². The van der Waals surface area contributed by atoms with Crippen LogP contribution in [0.25, 0.3) is 0 Å². The molecule has 2 atom stereocenters. The number of likely N-dealkylation sites (tertiary alicyclic amines) is 1. The van der Waals surface area contributed by atoms with Crippen molar-refractivity contribution in [2.75, 3.05) is 27.3 Å². The maximum atomic E-state index is 12.1. The molecule has 1 heterocycles. The van der Waals surface area contributed by atoms with Crippen molar-refractivity contribution in [3.05, 3.63) is 23.8 Å². The van der Waals surface area contributed by atoms with Crippen LogP contribution in [-0.2, 0) is 9.53 Å². The molecule has 1 aromatic rings. The zero-order chi connectivity index (χ0) is 17.8. The van der Waals surface area contributed by atoms with E-state index >= 15 is 0 Å². The lowest BCUT2D eigenvalue weighted by atomic mass is 9.89. The third kappa shape index (κ3) is 3.65. The Morgan fingerprint density at radius 1 is 1.20 bits per heavy atom. The summed E-state index contributed by atoms with van der Waals surface area (Å²) in [5.41, 5.74) is 0.974. The molecule has 1 saturated heterocycles. The average Bonchev–Trinajstić information content (AvgIpc) is 3.30. The molecule has 0 N–H and O–H groups in total. The second-order valence-corrected chi connectivity index (χ2v) is 6.68. The van der Waals surface area contributed by atoms with Crippen LogP contribution in [0.15, 0.2) is 18.2 Å². The fourth-order valence-corrected chi connectivity index (χ4v) is 3.82. The number of ether oxygens (including phenoxy) is 3. The first-order valence-corrected chi connectivity index (χ1v) is 8.73. The number of methoxy groups -OCH3 is 2. The second kappa shape index (κ2) is 7.64. The molecule has 1 aliphatic carbocycles. The van der Waals surface area contributed by atoms with E-state index in [1.165, 1.54) is 20.0 Å². The van der Waals surface area contributed by atoms with E-state index in [0.717, 1.165) is 18.4 Å². The molecule has 0 spiro atoms. The average molecular weight is 344 g/mol. The molecule has 2 unspecified atom stereocenters. The number of nitrogens with zero attached hydrogens (tertiary/aromatic N) is 2. The highest BCUT2D eigenvalue weighted by molar-refractivity contribution is 5.74. The van der Waals surface area contributed by atoms with Gasteiger partial charge in [-0.25, -0.2) is 0 Å². The largest absolute Gasteiger partial charge is 0.493 e. The van der Waals surface area contributed by atoms with Crippen molar-refractivity contribution in [2.24, 2.45) is 5.92 Å². The minimum Gasteiger partial charge on any atom is -0.493 e. The lowest BCUT2D eigenvalue weighted by Crippen LogP contribution is -2.23. The van der Waals surface area contributed by atoms with Gasteiger partial charge in [-0.3, -0.25) is 4.79 Å². The lowest BCUT2D eigenvalue weighted by molar-refractivity contribution is -0.145. The molecule has 1 aromatic carbocycles. The number of rotatable bonds is 5. The normalized spacial score (nSPS) is 23.3. The third-order valence-corrected chi connectivity index (χ3v) is 5.18. The Bertz CT molecular complexity index is 664. The first-order chi connectivity index (χ1) is 12.2. The second-order valence-electron chi connectivity index (χ2n) is 6.68. The highest BCUT2D eigenvalue weighted by Crippen LogP contribution is 2.39. The number of nitriles is 1. The van der Waals surface area contributed by atoms with E-state index in [-0.39, 0.29) is 23.9 Å². The summed E-state index contributed by atoms with van der Waals surface area (Å²) in [6.07, 6.45) is 6.86. The highest BCUT2D eigenvalue weighted by atomic mass is 16.5. The predicted octanol–water partition coefficient (Wildman–Crippen LogP) is 2.69. The van der Waals surface area contributed by atoms with E-state index in [2.05, 4.69) is 6.19 Å². The third-order valence-electron chi connectivity index (χ3n) is 5.18. The van der Waals surface area contributed by atoms with Crippen LogP contribution in [0.5, 0.6) is 11.5 Å². The van der Waals surface area contributed by atoms with Gasteiger partial charge in [-0.05, 0) is 43.4 Å². The van der Waals surface area contributed by atoms with E-state index in [1.54, 1.807) is 12.0 Å². The quantitative estimate of drug-likeness (QED) is 0.604. The fraction of sp³-hybridized carbons (Fsp3) is 0.579. The number of esters is 1. The van der Waals surface area contributed by atoms with Crippen LogP contribution in [-0.4, -0.2) is 44.3 Å². The smallest absolute Gasteiger partial charge is 0.311 e. The van der Waals surface area contributed by atoms with Crippen molar-refractivity contribution >= 4 is 5.97 Å². The zero-order valence-corrected chi connectivity index (χ0v) is 14.7. The highest BCUT2D eigenvalue weighted by Gasteiger charge is 2.39. The summed E-state index contributed by atoms with van der Waals surface area (Å²) in [5.74, 6) is 0.685. The van der Waals surface area contributed by atoms with Crippen molar-refractivity contribution in [1.29, 1.82) is 5.26 Å². The Morgan fingerprint density at radius 3 is 2.60 bits per heavy atom. The summed E-state index contributed by atoms with van der Waals surface area (Å²) in [5, 5.41) is 9.21. The van der Waals surface area contributed by atoms with Crippen LogP contribution >= 0.6 is 0 Å². The number of carbonyl (C=O) groups is 1. The van der Waals surface area contributed by atoms with Gasteiger partial charge in [0.1, 0.15) is 0 Å². The van der Waals surface area contributed by atoms with Crippen molar-refractivity contribution in [3.63, 3.8) is 0 Å². The summed E-state index contributed by atoms with van der Waals surface area (Å²) in [4.78, 5) is 13.7. The molecule has 134 valence electrons.